The normalized spacial score (nSPS) is 9.45. The van der Waals surface area contributed by atoms with Crippen LogP contribution in [-0.4, -0.2) is 54.2 Å². The van der Waals surface area contributed by atoms with Crippen LogP contribution >= 0.6 is 0 Å². The molecule has 0 saturated heterocycles. The van der Waals surface area contributed by atoms with E-state index in [0.29, 0.717) is 6.08 Å². The van der Waals surface area contributed by atoms with Crippen LogP contribution < -0.4 is 0 Å². The molecule has 6 nitrogen and oxygen atoms in total. The van der Waals surface area contributed by atoms with Crippen molar-refractivity contribution < 1.29 is 19.8 Å². The number of rotatable bonds is 4. The molecule has 0 aliphatic carbocycles. The maximum atomic E-state index is 10.7. The fraction of sp³-hybridized carbons (Fsp3) is 0.300. The van der Waals surface area contributed by atoms with E-state index in [9.17, 15) is 9.59 Å². The Bertz CT molecular complexity index is 687. The topological polar surface area (TPSA) is 100 Å². The second-order valence-corrected chi connectivity index (χ2v) is 4.74. The molecule has 0 atom stereocenters. The first-order valence-electron chi connectivity index (χ1n) is 9.05. The molecule has 0 amide bonds. The van der Waals surface area contributed by atoms with Crippen LogP contribution in [-0.2, 0) is 9.59 Å². The molecule has 0 saturated carbocycles. The molecule has 0 aromatic carbocycles. The summed E-state index contributed by atoms with van der Waals surface area (Å²) in [4.78, 5) is 28.7. The van der Waals surface area contributed by atoms with Crippen molar-refractivity contribution in [2.24, 2.45) is 0 Å². The third-order valence-electron chi connectivity index (χ3n) is 2.68. The maximum Gasteiger partial charge on any atom is 0 e. The number of nitrogens with zero attached hydrogens (tertiary/aromatic N) is 2. The van der Waals surface area contributed by atoms with Crippen molar-refractivity contribution in [3.63, 3.8) is 0 Å². The second-order valence-electron chi connectivity index (χ2n) is 4.74. The Morgan fingerprint density at radius 2 is 1.31 bits per heavy atom. The molecule has 0 spiro atoms. The average Bonchev–Trinajstić information content (AvgIpc) is 2.72. The van der Waals surface area contributed by atoms with Gasteiger partial charge in [-0.15, -0.1) is 0 Å². The number of aliphatic carboxylic acids is 1. The summed E-state index contributed by atoms with van der Waals surface area (Å²) in [6.07, 6.45) is 5.47. The van der Waals surface area contributed by atoms with E-state index in [1.807, 2.05) is 53.5 Å². The zero-order valence-electron chi connectivity index (χ0n) is 18.0. The summed E-state index contributed by atoms with van der Waals surface area (Å²) in [7, 11) is 0. The fourth-order valence-corrected chi connectivity index (χ4v) is 1.68. The second kappa shape index (κ2) is 19.9. The standard InChI is InChI=1S/C9H10BNO.C7H6BNO3.2C2H6.B/c1-7(5-8(2)12)9-6-10-3-4-11-9;10-6(3-7(11)12)5-4-8-1-2-9-5;2*1-2;/h3-6H,1-2H3;1-4,10H,(H,11,12);2*1-2H3;. The quantitative estimate of drug-likeness (QED) is 0.469. The molecule has 151 valence electrons. The molecule has 29 heavy (non-hydrogen) atoms. The molecule has 2 N–H and O–H groups in total. The number of hydrogen-bond acceptors (Lipinski definition) is 5. The number of hydrogen-bond donors (Lipinski definition) is 2. The first kappa shape index (κ1) is 30.9. The molecule has 2 aromatic heterocycles. The minimum Gasteiger partial charge on any atom is 0 e. The summed E-state index contributed by atoms with van der Waals surface area (Å²) >= 11 is 0. The zero-order valence-corrected chi connectivity index (χ0v) is 18.0. The van der Waals surface area contributed by atoms with Gasteiger partial charge in [0.15, 0.2) is 0 Å². The Labute approximate surface area is 176 Å². The summed E-state index contributed by atoms with van der Waals surface area (Å²) in [5, 5.41) is 17.4. The largest absolute Gasteiger partial charge is 0 e. The SMILES string of the molecule is CC.CC.CC(=O)C=C(C)c1cbccn1.O=C(O)C=C(O)c1cbccn1.[B]. The van der Waals surface area contributed by atoms with Gasteiger partial charge < -0.3 is 0 Å². The van der Waals surface area contributed by atoms with E-state index in [0.717, 1.165) is 11.3 Å². The molecule has 2 aromatic rings. The van der Waals surface area contributed by atoms with Gasteiger partial charge in [-0.1, -0.05) is 27.7 Å². The Morgan fingerprint density at radius 3 is 1.66 bits per heavy atom. The zero-order chi connectivity index (χ0) is 21.9. The van der Waals surface area contributed by atoms with Crippen LogP contribution in [0.15, 0.2) is 48.4 Å². The fourth-order valence-electron chi connectivity index (χ4n) is 1.68. The van der Waals surface area contributed by atoms with Gasteiger partial charge >= 0.3 is 140 Å². The van der Waals surface area contributed by atoms with Gasteiger partial charge in [0.2, 0.25) is 0 Å². The summed E-state index contributed by atoms with van der Waals surface area (Å²) in [6.45, 7) is 15.0. The monoisotopic (exact) mass is 393 g/mol. The predicted molar refractivity (Wildman–Crippen MR) is 122 cm³/mol. The van der Waals surface area contributed by atoms with Gasteiger partial charge in [0.25, 0.3) is 0 Å². The smallest absolute Gasteiger partial charge is 0 e. The van der Waals surface area contributed by atoms with E-state index >= 15 is 0 Å². The van der Waals surface area contributed by atoms with E-state index in [2.05, 4.69) is 9.97 Å². The average molecular weight is 393 g/mol. The van der Waals surface area contributed by atoms with Gasteiger partial charge in [0.1, 0.15) is 0 Å². The molecule has 9 heteroatoms. The summed E-state index contributed by atoms with van der Waals surface area (Å²) in [5.41, 5.74) is 2.01. The minimum atomic E-state index is -1.20. The van der Waals surface area contributed by atoms with E-state index < -0.39 is 5.97 Å². The Kier molecular flexibility index (Phi) is 21.2. The van der Waals surface area contributed by atoms with Crippen LogP contribution in [0.2, 0.25) is 0 Å². The van der Waals surface area contributed by atoms with E-state index in [1.165, 1.54) is 19.1 Å². The number of carboxylic acid groups (broad SMARTS) is 1. The first-order valence-corrected chi connectivity index (χ1v) is 9.05. The first-order chi connectivity index (χ1) is 13.4. The molecular formula is C20H28B3N2O4. The van der Waals surface area contributed by atoms with Crippen molar-refractivity contribution in [3.05, 3.63) is 59.8 Å². The van der Waals surface area contributed by atoms with Gasteiger partial charge in [-0.25, -0.2) is 0 Å². The maximum absolute atomic E-state index is 10.7. The van der Waals surface area contributed by atoms with Crippen LogP contribution in [0.5, 0.6) is 0 Å². The summed E-state index contributed by atoms with van der Waals surface area (Å²) in [5.74, 6) is 5.45. The molecule has 0 fully saturated rings. The van der Waals surface area contributed by atoms with Crippen molar-refractivity contribution in [2.45, 2.75) is 41.5 Å². The molecule has 0 aliphatic rings. The van der Waals surface area contributed by atoms with Gasteiger partial charge in [0, 0.05) is 8.41 Å². The van der Waals surface area contributed by atoms with Crippen LogP contribution in [0.3, 0.4) is 0 Å². The number of allylic oxidation sites excluding steroid dienone is 2. The van der Waals surface area contributed by atoms with Crippen molar-refractivity contribution in [1.29, 1.82) is 0 Å². The van der Waals surface area contributed by atoms with Crippen LogP contribution in [0, 0.1) is 0 Å². The number of carbonyl (C=O) groups is 2. The Balaban J connectivity index is -0.000000386. The number of aliphatic hydroxyl groups is 1. The molecule has 3 radical (unpaired) electrons. The molecular weight excluding hydrogens is 365 g/mol. The Hall–Kier alpha value is -2.83. The molecule has 2 heterocycles. The van der Waals surface area contributed by atoms with Gasteiger partial charge in [-0.05, 0) is 0 Å². The number of ketones is 1. The van der Waals surface area contributed by atoms with Crippen molar-refractivity contribution in [2.75, 3.05) is 0 Å². The minimum absolute atomic E-state index is 0. The van der Waals surface area contributed by atoms with Crippen molar-refractivity contribution >= 4 is 45.3 Å². The van der Waals surface area contributed by atoms with Crippen molar-refractivity contribution in [3.8, 4) is 0 Å². The Morgan fingerprint density at radius 1 is 0.862 bits per heavy atom. The number of carbonyl (C=O) groups excluding carboxylic acids is 1. The number of carboxylic acids is 1. The van der Waals surface area contributed by atoms with E-state index in [1.54, 1.807) is 25.1 Å². The van der Waals surface area contributed by atoms with E-state index in [-0.39, 0.29) is 25.6 Å². The van der Waals surface area contributed by atoms with Crippen LogP contribution in [0.1, 0.15) is 52.9 Å². The van der Waals surface area contributed by atoms with Gasteiger partial charge in [-0.2, -0.15) is 0 Å². The number of aromatic nitrogens is 2. The third kappa shape index (κ3) is 15.9. The van der Waals surface area contributed by atoms with Gasteiger partial charge in [0.05, 0.1) is 0 Å². The molecule has 2 rings (SSSR count). The summed E-state index contributed by atoms with van der Waals surface area (Å²) < 4.78 is 0. The molecule has 0 unspecified atom stereocenters. The van der Waals surface area contributed by atoms with Crippen molar-refractivity contribution in [1.82, 2.24) is 9.97 Å². The molecule has 0 bridgehead atoms. The molecule has 0 aliphatic heterocycles. The van der Waals surface area contributed by atoms with Crippen LogP contribution in [0.4, 0.5) is 0 Å². The van der Waals surface area contributed by atoms with Gasteiger partial charge in [-0.3, -0.25) is 0 Å². The number of aliphatic hydroxyl groups excluding tert-OH is 1. The predicted octanol–water partition coefficient (Wildman–Crippen LogP) is 3.49. The third-order valence-corrected chi connectivity index (χ3v) is 2.68. The van der Waals surface area contributed by atoms with E-state index in [4.69, 9.17) is 10.2 Å². The summed E-state index contributed by atoms with van der Waals surface area (Å²) in [6, 6.07) is 0. The van der Waals surface area contributed by atoms with Crippen LogP contribution in [0.25, 0.3) is 11.3 Å².